The average molecular weight is 188 g/mol. The van der Waals surface area contributed by atoms with Crippen molar-refractivity contribution in [2.45, 2.75) is 12.6 Å². The number of nitrogens with zero attached hydrogens (tertiary/aromatic N) is 3. The summed E-state index contributed by atoms with van der Waals surface area (Å²) >= 11 is 0. The minimum atomic E-state index is -0.00722. The van der Waals surface area contributed by atoms with Gasteiger partial charge in [0.2, 0.25) is 0 Å². The summed E-state index contributed by atoms with van der Waals surface area (Å²) in [5.41, 5.74) is 7.14. The molecule has 2 aromatic rings. The van der Waals surface area contributed by atoms with Crippen LogP contribution in [0.3, 0.4) is 0 Å². The Hall–Kier alpha value is -1.68. The van der Waals surface area contributed by atoms with E-state index in [9.17, 15) is 0 Å². The summed E-state index contributed by atoms with van der Waals surface area (Å²) in [6.45, 7) is 0.705. The third-order valence-electron chi connectivity index (χ3n) is 2.10. The van der Waals surface area contributed by atoms with Gasteiger partial charge in [-0.1, -0.05) is 30.3 Å². The molecule has 1 heterocycles. The van der Waals surface area contributed by atoms with Crippen molar-refractivity contribution in [3.8, 4) is 0 Å². The molecular weight excluding hydrogens is 176 g/mol. The Morgan fingerprint density at radius 2 is 1.79 bits per heavy atom. The van der Waals surface area contributed by atoms with E-state index in [1.807, 2.05) is 34.9 Å². The van der Waals surface area contributed by atoms with Crippen molar-refractivity contribution in [1.29, 1.82) is 0 Å². The Morgan fingerprint density at radius 1 is 1.14 bits per heavy atom. The smallest absolute Gasteiger partial charge is 0.119 e. The summed E-state index contributed by atoms with van der Waals surface area (Å²) in [4.78, 5) is 0. The molecule has 0 bridgehead atoms. The highest BCUT2D eigenvalue weighted by molar-refractivity contribution is 5.18. The molecule has 0 aliphatic rings. The fourth-order valence-electron chi connectivity index (χ4n) is 1.35. The maximum absolute atomic E-state index is 6.01. The molecule has 1 aromatic heterocycles. The van der Waals surface area contributed by atoms with E-state index in [0.29, 0.717) is 6.54 Å². The quantitative estimate of drug-likeness (QED) is 0.781. The molecule has 1 aromatic carbocycles. The van der Waals surface area contributed by atoms with Gasteiger partial charge in [-0.25, -0.2) is 0 Å². The summed E-state index contributed by atoms with van der Waals surface area (Å²) in [6, 6.07) is 9.99. The lowest BCUT2D eigenvalue weighted by Gasteiger charge is -2.11. The van der Waals surface area contributed by atoms with Crippen LogP contribution in [0, 0.1) is 0 Å². The maximum atomic E-state index is 6.01. The fraction of sp³-hybridized carbons (Fsp3) is 0.200. The number of hydrogen-bond acceptors (Lipinski definition) is 3. The molecule has 0 saturated heterocycles. The van der Waals surface area contributed by atoms with Gasteiger partial charge in [0.25, 0.3) is 0 Å². The summed E-state index contributed by atoms with van der Waals surface area (Å²) in [5.74, 6) is 0. The SMILES string of the molecule is NC(Cn1cnnc1)c1ccccc1. The predicted molar refractivity (Wildman–Crippen MR) is 53.4 cm³/mol. The minimum Gasteiger partial charge on any atom is -0.322 e. The third-order valence-corrected chi connectivity index (χ3v) is 2.10. The van der Waals surface area contributed by atoms with E-state index in [0.717, 1.165) is 5.56 Å². The van der Waals surface area contributed by atoms with Gasteiger partial charge in [0, 0.05) is 12.6 Å². The Kier molecular flexibility index (Phi) is 2.55. The normalized spacial score (nSPS) is 12.6. The molecule has 0 saturated carbocycles. The summed E-state index contributed by atoms with van der Waals surface area (Å²) in [6.07, 6.45) is 3.34. The second-order valence-corrected chi connectivity index (χ2v) is 3.18. The highest BCUT2D eigenvalue weighted by Gasteiger charge is 2.05. The molecule has 2 rings (SSSR count). The lowest BCUT2D eigenvalue weighted by molar-refractivity contribution is 0.575. The van der Waals surface area contributed by atoms with Crippen molar-refractivity contribution in [3.05, 3.63) is 48.5 Å². The monoisotopic (exact) mass is 188 g/mol. The van der Waals surface area contributed by atoms with Gasteiger partial charge in [0.15, 0.2) is 0 Å². The van der Waals surface area contributed by atoms with Crippen LogP contribution in [0.4, 0.5) is 0 Å². The molecule has 0 spiro atoms. The van der Waals surface area contributed by atoms with E-state index >= 15 is 0 Å². The molecule has 1 unspecified atom stereocenters. The number of aromatic nitrogens is 3. The summed E-state index contributed by atoms with van der Waals surface area (Å²) in [5, 5.41) is 7.45. The van der Waals surface area contributed by atoms with Crippen LogP contribution in [-0.4, -0.2) is 14.8 Å². The summed E-state index contributed by atoms with van der Waals surface area (Å²) in [7, 11) is 0. The zero-order chi connectivity index (χ0) is 9.80. The first kappa shape index (κ1) is 8.90. The minimum absolute atomic E-state index is 0.00722. The number of nitrogens with two attached hydrogens (primary N) is 1. The first-order valence-electron chi connectivity index (χ1n) is 4.49. The van der Waals surface area contributed by atoms with Crippen molar-refractivity contribution in [3.63, 3.8) is 0 Å². The lowest BCUT2D eigenvalue weighted by atomic mass is 10.1. The van der Waals surface area contributed by atoms with Crippen LogP contribution < -0.4 is 5.73 Å². The second-order valence-electron chi connectivity index (χ2n) is 3.18. The topological polar surface area (TPSA) is 56.7 Å². The Bertz CT molecular complexity index is 368. The van der Waals surface area contributed by atoms with Crippen LogP contribution in [0.2, 0.25) is 0 Å². The zero-order valence-electron chi connectivity index (χ0n) is 7.74. The van der Waals surface area contributed by atoms with Crippen molar-refractivity contribution in [2.75, 3.05) is 0 Å². The maximum Gasteiger partial charge on any atom is 0.119 e. The van der Waals surface area contributed by atoms with E-state index < -0.39 is 0 Å². The van der Waals surface area contributed by atoms with Gasteiger partial charge in [-0.2, -0.15) is 0 Å². The van der Waals surface area contributed by atoms with Crippen molar-refractivity contribution >= 4 is 0 Å². The fourth-order valence-corrected chi connectivity index (χ4v) is 1.35. The van der Waals surface area contributed by atoms with Crippen LogP contribution >= 0.6 is 0 Å². The molecule has 0 aliphatic heterocycles. The molecule has 14 heavy (non-hydrogen) atoms. The Morgan fingerprint density at radius 3 is 2.43 bits per heavy atom. The first-order chi connectivity index (χ1) is 6.86. The van der Waals surface area contributed by atoms with Crippen molar-refractivity contribution in [2.24, 2.45) is 5.73 Å². The molecule has 0 amide bonds. The average Bonchev–Trinajstić information content (AvgIpc) is 2.72. The van der Waals surface area contributed by atoms with Gasteiger partial charge in [-0.15, -0.1) is 10.2 Å². The van der Waals surface area contributed by atoms with Crippen LogP contribution in [0.5, 0.6) is 0 Å². The first-order valence-corrected chi connectivity index (χ1v) is 4.49. The van der Waals surface area contributed by atoms with Gasteiger partial charge in [-0.05, 0) is 5.56 Å². The van der Waals surface area contributed by atoms with Gasteiger partial charge in [0.05, 0.1) is 0 Å². The number of benzene rings is 1. The van der Waals surface area contributed by atoms with Crippen molar-refractivity contribution in [1.82, 2.24) is 14.8 Å². The van der Waals surface area contributed by atoms with E-state index in [-0.39, 0.29) is 6.04 Å². The molecule has 0 fully saturated rings. The van der Waals surface area contributed by atoms with Gasteiger partial charge in [0.1, 0.15) is 12.7 Å². The molecule has 4 heteroatoms. The molecule has 4 nitrogen and oxygen atoms in total. The van der Waals surface area contributed by atoms with E-state index in [1.165, 1.54) is 0 Å². The van der Waals surface area contributed by atoms with Crippen LogP contribution in [0.1, 0.15) is 11.6 Å². The highest BCUT2D eigenvalue weighted by atomic mass is 15.2. The number of hydrogen-bond donors (Lipinski definition) is 1. The van der Waals surface area contributed by atoms with Crippen molar-refractivity contribution < 1.29 is 0 Å². The van der Waals surface area contributed by atoms with E-state index in [2.05, 4.69) is 10.2 Å². The third kappa shape index (κ3) is 1.97. The van der Waals surface area contributed by atoms with Crippen LogP contribution in [-0.2, 0) is 6.54 Å². The Labute approximate surface area is 82.4 Å². The summed E-state index contributed by atoms with van der Waals surface area (Å²) < 4.78 is 1.87. The van der Waals surface area contributed by atoms with Crippen LogP contribution in [0.15, 0.2) is 43.0 Å². The standard InChI is InChI=1S/C10H12N4/c11-10(6-14-7-12-13-8-14)9-4-2-1-3-5-9/h1-5,7-8,10H,6,11H2. The lowest BCUT2D eigenvalue weighted by Crippen LogP contribution is -2.16. The molecule has 1 atom stereocenters. The van der Waals surface area contributed by atoms with Gasteiger partial charge >= 0.3 is 0 Å². The molecule has 72 valence electrons. The Balaban J connectivity index is 2.07. The van der Waals surface area contributed by atoms with Gasteiger partial charge < -0.3 is 10.3 Å². The molecular formula is C10H12N4. The van der Waals surface area contributed by atoms with E-state index in [1.54, 1.807) is 12.7 Å². The molecule has 0 radical (unpaired) electrons. The van der Waals surface area contributed by atoms with Crippen LogP contribution in [0.25, 0.3) is 0 Å². The largest absolute Gasteiger partial charge is 0.322 e. The van der Waals surface area contributed by atoms with E-state index in [4.69, 9.17) is 5.73 Å². The second kappa shape index (κ2) is 4.02. The predicted octanol–water partition coefficient (Wildman–Crippen LogP) is 0.978. The van der Waals surface area contributed by atoms with Gasteiger partial charge in [-0.3, -0.25) is 0 Å². The zero-order valence-corrected chi connectivity index (χ0v) is 7.74. The molecule has 0 aliphatic carbocycles. The molecule has 2 N–H and O–H groups in total. The number of rotatable bonds is 3. The highest BCUT2D eigenvalue weighted by Crippen LogP contribution is 2.10.